The Kier molecular flexibility index (Phi) is 4.67. The summed E-state index contributed by atoms with van der Waals surface area (Å²) in [5.41, 5.74) is 0.271. The van der Waals surface area contributed by atoms with Gasteiger partial charge in [0.25, 0.3) is 0 Å². The van der Waals surface area contributed by atoms with Gasteiger partial charge in [-0.2, -0.15) is 0 Å². The van der Waals surface area contributed by atoms with Gasteiger partial charge in [0.2, 0.25) is 0 Å². The van der Waals surface area contributed by atoms with Crippen molar-refractivity contribution in [1.29, 1.82) is 0 Å². The monoisotopic (exact) mass is 241 g/mol. The van der Waals surface area contributed by atoms with Crippen LogP contribution in [0.25, 0.3) is 5.83 Å². The summed E-state index contributed by atoms with van der Waals surface area (Å²) in [6.07, 6.45) is -0.0167. The van der Waals surface area contributed by atoms with Crippen LogP contribution in [0, 0.1) is 0 Å². The second-order valence-corrected chi connectivity index (χ2v) is 6.14. The summed E-state index contributed by atoms with van der Waals surface area (Å²) in [5.74, 6) is -0.0654. The molecule has 87 valence electrons. The maximum atomic E-state index is 13.1. The number of hydrogen-bond donors (Lipinski definition) is 0. The first-order valence-corrected chi connectivity index (χ1v) is 7.63. The molecule has 16 heavy (non-hydrogen) atoms. The molecular weight excluding hydrogens is 226 g/mol. The number of benzene rings is 1. The average Bonchev–Trinajstić information content (AvgIpc) is 2.28. The summed E-state index contributed by atoms with van der Waals surface area (Å²) < 4.78 is 30.6. The van der Waals surface area contributed by atoms with Crippen LogP contribution in [0.4, 0.5) is 8.78 Å². The molecule has 0 N–H and O–H groups in total. The molecule has 0 saturated carbocycles. The van der Waals surface area contributed by atoms with Crippen LogP contribution >= 0.6 is 0 Å². The number of halogens is 2. The Morgan fingerprint density at radius 2 is 2.12 bits per heavy atom. The predicted molar refractivity (Wildman–Crippen MR) is 64.9 cm³/mol. The maximum Gasteiger partial charge on any atom is 0.158 e. The first-order chi connectivity index (χ1) is 7.60. The fraction of sp³-hybridized carbons (Fsp3) is 0.333. The standard InChI is InChI=1S/C12H15F2OSi/c1-4-15-11-6-5-9(10(14)8-13)7-12(11)16(2)3/h5-8H,4H2,1-3H3. The molecular formula is C12H15F2OSi. The highest BCUT2D eigenvalue weighted by Crippen LogP contribution is 2.19. The topological polar surface area (TPSA) is 9.23 Å². The highest BCUT2D eigenvalue weighted by molar-refractivity contribution is 6.71. The van der Waals surface area contributed by atoms with Gasteiger partial charge in [0, 0.05) is 5.56 Å². The summed E-state index contributed by atoms with van der Waals surface area (Å²) in [6, 6.07) is 4.91. The zero-order valence-electron chi connectivity index (χ0n) is 9.68. The van der Waals surface area contributed by atoms with Crippen LogP contribution in [-0.2, 0) is 0 Å². The first-order valence-electron chi connectivity index (χ1n) is 5.13. The molecule has 0 amide bonds. The highest BCUT2D eigenvalue weighted by atomic mass is 28.3. The second kappa shape index (κ2) is 5.79. The van der Waals surface area contributed by atoms with Gasteiger partial charge in [-0.25, -0.2) is 8.78 Å². The average molecular weight is 241 g/mol. The molecule has 0 aliphatic heterocycles. The first kappa shape index (κ1) is 12.9. The molecule has 4 heteroatoms. The van der Waals surface area contributed by atoms with Crippen molar-refractivity contribution in [2.45, 2.75) is 20.0 Å². The van der Waals surface area contributed by atoms with E-state index in [4.69, 9.17) is 4.74 Å². The van der Waals surface area contributed by atoms with E-state index in [-0.39, 0.29) is 11.9 Å². The van der Waals surface area contributed by atoms with Crippen LogP contribution in [0.15, 0.2) is 24.5 Å². The molecule has 1 radical (unpaired) electrons. The molecule has 0 aromatic heterocycles. The normalized spacial score (nSPS) is 12.0. The molecule has 1 aromatic rings. The summed E-state index contributed by atoms with van der Waals surface area (Å²) in [5, 5.41) is 0.987. The van der Waals surface area contributed by atoms with E-state index in [9.17, 15) is 8.78 Å². The van der Waals surface area contributed by atoms with E-state index in [2.05, 4.69) is 13.1 Å². The second-order valence-electron chi connectivity index (χ2n) is 3.60. The Morgan fingerprint density at radius 3 is 2.62 bits per heavy atom. The van der Waals surface area contributed by atoms with Gasteiger partial charge in [-0.15, -0.1) is 0 Å². The van der Waals surface area contributed by atoms with Crippen molar-refractivity contribution >= 4 is 19.8 Å². The Balaban J connectivity index is 3.17. The lowest BCUT2D eigenvalue weighted by molar-refractivity contribution is 0.343. The van der Waals surface area contributed by atoms with Crippen LogP contribution in [0.3, 0.4) is 0 Å². The third kappa shape index (κ3) is 2.92. The third-order valence-corrected chi connectivity index (χ3v) is 3.66. The van der Waals surface area contributed by atoms with Gasteiger partial charge in [0.1, 0.15) is 12.1 Å². The summed E-state index contributed by atoms with van der Waals surface area (Å²) in [6.45, 7) is 6.65. The quantitative estimate of drug-likeness (QED) is 0.735. The fourth-order valence-electron chi connectivity index (χ4n) is 1.41. The van der Waals surface area contributed by atoms with Crippen LogP contribution < -0.4 is 9.92 Å². The van der Waals surface area contributed by atoms with Crippen molar-refractivity contribution in [3.8, 4) is 5.75 Å². The number of ether oxygens (including phenoxy) is 1. The lowest BCUT2D eigenvalue weighted by Gasteiger charge is -2.13. The fourth-order valence-corrected chi connectivity index (χ4v) is 2.51. The third-order valence-electron chi connectivity index (χ3n) is 2.19. The van der Waals surface area contributed by atoms with Gasteiger partial charge >= 0.3 is 0 Å². The molecule has 1 nitrogen and oxygen atoms in total. The zero-order chi connectivity index (χ0) is 12.1. The molecule has 0 heterocycles. The molecule has 0 aliphatic carbocycles. The van der Waals surface area contributed by atoms with Crippen molar-refractivity contribution in [2.75, 3.05) is 6.61 Å². The van der Waals surface area contributed by atoms with Crippen molar-refractivity contribution in [1.82, 2.24) is 0 Å². The minimum absolute atomic E-state index is 0.0167. The zero-order valence-corrected chi connectivity index (χ0v) is 10.7. The summed E-state index contributed by atoms with van der Waals surface area (Å²) in [4.78, 5) is 0. The van der Waals surface area contributed by atoms with Crippen LogP contribution in [0.1, 0.15) is 12.5 Å². The largest absolute Gasteiger partial charge is 0.494 e. The van der Waals surface area contributed by atoms with Gasteiger partial charge in [-0.1, -0.05) is 13.1 Å². The minimum Gasteiger partial charge on any atom is -0.494 e. The Bertz CT molecular complexity index is 389. The Hall–Kier alpha value is -1.16. The maximum absolute atomic E-state index is 13.1. The van der Waals surface area contributed by atoms with Gasteiger partial charge in [-0.3, -0.25) is 0 Å². The van der Waals surface area contributed by atoms with Gasteiger partial charge in [0.05, 0.1) is 15.4 Å². The van der Waals surface area contributed by atoms with E-state index in [1.807, 2.05) is 6.92 Å². The Labute approximate surface area is 96.4 Å². The smallest absolute Gasteiger partial charge is 0.158 e. The molecule has 1 rings (SSSR count). The van der Waals surface area contributed by atoms with Crippen LogP contribution in [0.5, 0.6) is 5.75 Å². The van der Waals surface area contributed by atoms with Crippen LogP contribution in [0.2, 0.25) is 13.1 Å². The molecule has 0 unspecified atom stereocenters. The molecule has 1 aromatic carbocycles. The highest BCUT2D eigenvalue weighted by Gasteiger charge is 2.11. The molecule has 0 fully saturated rings. The Morgan fingerprint density at radius 1 is 1.44 bits per heavy atom. The lowest BCUT2D eigenvalue weighted by Crippen LogP contribution is -2.25. The van der Waals surface area contributed by atoms with E-state index < -0.39 is 14.6 Å². The van der Waals surface area contributed by atoms with E-state index in [0.717, 1.165) is 10.9 Å². The van der Waals surface area contributed by atoms with E-state index in [1.165, 1.54) is 6.07 Å². The van der Waals surface area contributed by atoms with Gasteiger partial charge < -0.3 is 4.74 Å². The molecule has 0 bridgehead atoms. The molecule has 0 spiro atoms. The van der Waals surface area contributed by atoms with E-state index >= 15 is 0 Å². The SMILES string of the molecule is CCOc1ccc(C(F)=CF)cc1[Si](C)C. The predicted octanol–water partition coefficient (Wildman–Crippen LogP) is 3.28. The van der Waals surface area contributed by atoms with Crippen molar-refractivity contribution in [3.05, 3.63) is 30.1 Å². The molecule has 0 aliphatic rings. The number of rotatable bonds is 4. The van der Waals surface area contributed by atoms with Crippen molar-refractivity contribution < 1.29 is 13.5 Å². The van der Waals surface area contributed by atoms with Gasteiger partial charge in [-0.05, 0) is 30.3 Å². The molecule has 0 atom stereocenters. The lowest BCUT2D eigenvalue weighted by atomic mass is 10.2. The van der Waals surface area contributed by atoms with E-state index in [1.54, 1.807) is 12.1 Å². The number of hydrogen-bond acceptors (Lipinski definition) is 1. The minimum atomic E-state index is -0.840. The van der Waals surface area contributed by atoms with Gasteiger partial charge in [0.15, 0.2) is 5.83 Å². The van der Waals surface area contributed by atoms with Crippen LogP contribution in [-0.4, -0.2) is 15.4 Å². The van der Waals surface area contributed by atoms with Crippen molar-refractivity contribution in [3.63, 3.8) is 0 Å². The molecule has 0 saturated heterocycles. The summed E-state index contributed by atoms with van der Waals surface area (Å²) >= 11 is 0. The van der Waals surface area contributed by atoms with E-state index in [0.29, 0.717) is 6.61 Å². The van der Waals surface area contributed by atoms with Crippen molar-refractivity contribution in [2.24, 2.45) is 0 Å². The summed E-state index contributed by atoms with van der Waals surface area (Å²) in [7, 11) is -0.768.